The number of ether oxygens (including phenoxy) is 2. The van der Waals surface area contributed by atoms with E-state index in [4.69, 9.17) is 9.47 Å². The zero-order valence-electron chi connectivity index (χ0n) is 18.8. The van der Waals surface area contributed by atoms with Gasteiger partial charge in [0.1, 0.15) is 24.7 Å². The molecule has 0 saturated heterocycles. The van der Waals surface area contributed by atoms with E-state index in [9.17, 15) is 0 Å². The highest BCUT2D eigenvalue weighted by molar-refractivity contribution is 5.44. The van der Waals surface area contributed by atoms with Crippen molar-refractivity contribution in [3.8, 4) is 35.2 Å². The highest BCUT2D eigenvalue weighted by atomic mass is 16.5. The summed E-state index contributed by atoms with van der Waals surface area (Å²) in [5, 5.41) is 0. The van der Waals surface area contributed by atoms with Crippen LogP contribution in [0.1, 0.15) is 22.3 Å². The maximum absolute atomic E-state index is 5.86. The van der Waals surface area contributed by atoms with Crippen molar-refractivity contribution in [2.75, 3.05) is 0 Å². The first kappa shape index (κ1) is 22.5. The zero-order valence-corrected chi connectivity index (χ0v) is 18.8. The van der Waals surface area contributed by atoms with E-state index in [2.05, 4.69) is 23.7 Å². The predicted molar refractivity (Wildman–Crippen MR) is 137 cm³/mol. The van der Waals surface area contributed by atoms with Gasteiger partial charge in [-0.1, -0.05) is 96.5 Å². The van der Waals surface area contributed by atoms with Crippen LogP contribution < -0.4 is 9.47 Å². The van der Waals surface area contributed by atoms with Gasteiger partial charge in [0.15, 0.2) is 0 Å². The van der Waals surface area contributed by atoms with E-state index in [-0.39, 0.29) is 0 Å². The molecule has 0 aromatic heterocycles. The monoisotopic (exact) mass is 440 g/mol. The molecule has 0 amide bonds. The van der Waals surface area contributed by atoms with E-state index >= 15 is 0 Å². The molecule has 0 aliphatic rings. The average molecular weight is 441 g/mol. The first-order valence-electron chi connectivity index (χ1n) is 11.1. The lowest BCUT2D eigenvalue weighted by Crippen LogP contribution is -1.95. The molecular formula is C32H24O2. The molecule has 0 fully saturated rings. The van der Waals surface area contributed by atoms with Gasteiger partial charge in [-0.15, -0.1) is 0 Å². The van der Waals surface area contributed by atoms with Crippen LogP contribution in [0.4, 0.5) is 0 Å². The topological polar surface area (TPSA) is 18.5 Å². The van der Waals surface area contributed by atoms with Crippen molar-refractivity contribution in [1.82, 2.24) is 0 Å². The molecule has 2 nitrogen and oxygen atoms in total. The summed E-state index contributed by atoms with van der Waals surface area (Å²) in [6.45, 7) is 1.07. The lowest BCUT2D eigenvalue weighted by molar-refractivity contribution is 0.306. The van der Waals surface area contributed by atoms with Crippen LogP contribution in [-0.2, 0) is 13.2 Å². The van der Waals surface area contributed by atoms with Crippen LogP contribution in [0, 0.1) is 23.7 Å². The smallest absolute Gasteiger partial charge is 0.121 e. The van der Waals surface area contributed by atoms with Crippen LogP contribution in [0.15, 0.2) is 121 Å². The quantitative estimate of drug-likeness (QED) is 0.307. The van der Waals surface area contributed by atoms with Crippen molar-refractivity contribution in [3.05, 3.63) is 144 Å². The summed E-state index contributed by atoms with van der Waals surface area (Å²) in [7, 11) is 0. The molecular weight excluding hydrogens is 416 g/mol. The molecule has 0 atom stereocenters. The fraction of sp³-hybridized carbons (Fsp3) is 0.0625. The summed E-state index contributed by atoms with van der Waals surface area (Å²) in [5.74, 6) is 13.9. The molecule has 0 aliphatic heterocycles. The normalized spacial score (nSPS) is 10.0. The summed E-state index contributed by atoms with van der Waals surface area (Å²) < 4.78 is 11.7. The Labute approximate surface area is 201 Å². The van der Waals surface area contributed by atoms with Crippen LogP contribution in [0.5, 0.6) is 11.5 Å². The van der Waals surface area contributed by atoms with Crippen molar-refractivity contribution in [2.45, 2.75) is 13.2 Å². The fourth-order valence-corrected chi connectivity index (χ4v) is 3.14. The van der Waals surface area contributed by atoms with Gasteiger partial charge in [0.05, 0.1) is 0 Å². The summed E-state index contributed by atoms with van der Waals surface area (Å²) in [6.07, 6.45) is 3.50. The van der Waals surface area contributed by atoms with Crippen molar-refractivity contribution < 1.29 is 9.47 Å². The molecule has 0 radical (unpaired) electrons. The summed E-state index contributed by atoms with van der Waals surface area (Å²) in [4.78, 5) is 0. The molecule has 0 saturated carbocycles. The lowest BCUT2D eigenvalue weighted by Gasteiger charge is -2.06. The minimum atomic E-state index is 0.533. The minimum Gasteiger partial charge on any atom is -0.489 e. The molecule has 0 aliphatic carbocycles. The second-order valence-electron chi connectivity index (χ2n) is 7.48. The molecule has 4 rings (SSSR count). The van der Waals surface area contributed by atoms with E-state index in [1.165, 1.54) is 0 Å². The molecule has 0 bridgehead atoms. The maximum atomic E-state index is 5.86. The number of hydrogen-bond donors (Lipinski definition) is 0. The van der Waals surface area contributed by atoms with Gasteiger partial charge in [-0.2, -0.15) is 0 Å². The zero-order chi connectivity index (χ0) is 23.3. The lowest BCUT2D eigenvalue weighted by atomic mass is 10.2. The van der Waals surface area contributed by atoms with E-state index in [0.717, 1.165) is 33.8 Å². The van der Waals surface area contributed by atoms with Crippen molar-refractivity contribution in [3.63, 3.8) is 0 Å². The van der Waals surface area contributed by atoms with Crippen LogP contribution >= 0.6 is 0 Å². The SMILES string of the molecule is C(#Cc1cccc(OCc2ccccc2)c1)/C=C\C#Cc1cccc(OCc2ccccc2)c1. The van der Waals surface area contributed by atoms with Gasteiger partial charge in [-0.05, 0) is 59.7 Å². The van der Waals surface area contributed by atoms with E-state index in [0.29, 0.717) is 13.2 Å². The Morgan fingerprint density at radius 2 is 0.941 bits per heavy atom. The predicted octanol–water partition coefficient (Wildman–Crippen LogP) is 6.80. The maximum Gasteiger partial charge on any atom is 0.121 e. The third kappa shape index (κ3) is 7.49. The van der Waals surface area contributed by atoms with Crippen molar-refractivity contribution >= 4 is 0 Å². The second kappa shape index (κ2) is 12.4. The van der Waals surface area contributed by atoms with Crippen molar-refractivity contribution in [2.24, 2.45) is 0 Å². The standard InChI is InChI=1S/C32H24O2/c1(5-13-27-19-11-21-31(23-27)33-25-29-15-7-3-8-16-29)2-6-14-28-20-12-22-32(24-28)34-26-30-17-9-4-10-18-30/h1-4,7-12,15-24H,25-26H2/b2-1-. The molecule has 0 heterocycles. The highest BCUT2D eigenvalue weighted by Gasteiger charge is 1.97. The Morgan fingerprint density at radius 1 is 0.500 bits per heavy atom. The Hall–Kier alpha value is -4.66. The fourth-order valence-electron chi connectivity index (χ4n) is 3.14. The number of allylic oxidation sites excluding steroid dienone is 2. The van der Waals surface area contributed by atoms with Crippen LogP contribution in [-0.4, -0.2) is 0 Å². The van der Waals surface area contributed by atoms with Gasteiger partial charge in [0, 0.05) is 11.1 Å². The van der Waals surface area contributed by atoms with Gasteiger partial charge in [0.2, 0.25) is 0 Å². The van der Waals surface area contributed by atoms with Gasteiger partial charge < -0.3 is 9.47 Å². The largest absolute Gasteiger partial charge is 0.489 e. The Morgan fingerprint density at radius 3 is 1.38 bits per heavy atom. The second-order valence-corrected chi connectivity index (χ2v) is 7.48. The number of hydrogen-bond acceptors (Lipinski definition) is 2. The van der Waals surface area contributed by atoms with E-state index < -0.39 is 0 Å². The van der Waals surface area contributed by atoms with Crippen LogP contribution in [0.25, 0.3) is 0 Å². The third-order valence-corrected chi connectivity index (χ3v) is 4.85. The molecule has 2 heteroatoms. The Bertz CT molecular complexity index is 1240. The van der Waals surface area contributed by atoms with Gasteiger partial charge in [0.25, 0.3) is 0 Å². The summed E-state index contributed by atoms with van der Waals surface area (Å²) in [5.41, 5.74) is 4.06. The molecule has 4 aromatic carbocycles. The Kier molecular flexibility index (Phi) is 8.21. The molecule has 164 valence electrons. The Balaban J connectivity index is 1.29. The first-order valence-corrected chi connectivity index (χ1v) is 11.1. The van der Waals surface area contributed by atoms with E-state index in [1.54, 1.807) is 12.2 Å². The first-order chi connectivity index (χ1) is 16.8. The molecule has 0 spiro atoms. The van der Waals surface area contributed by atoms with Crippen molar-refractivity contribution in [1.29, 1.82) is 0 Å². The van der Waals surface area contributed by atoms with E-state index in [1.807, 2.05) is 109 Å². The van der Waals surface area contributed by atoms with Gasteiger partial charge in [-0.25, -0.2) is 0 Å². The summed E-state index contributed by atoms with van der Waals surface area (Å²) in [6, 6.07) is 35.8. The minimum absolute atomic E-state index is 0.533. The molecule has 34 heavy (non-hydrogen) atoms. The van der Waals surface area contributed by atoms with Crippen LogP contribution in [0.3, 0.4) is 0 Å². The molecule has 4 aromatic rings. The molecule has 0 N–H and O–H groups in total. The number of rotatable bonds is 6. The third-order valence-electron chi connectivity index (χ3n) is 4.85. The van der Waals surface area contributed by atoms with Crippen LogP contribution in [0.2, 0.25) is 0 Å². The van der Waals surface area contributed by atoms with Gasteiger partial charge in [-0.3, -0.25) is 0 Å². The van der Waals surface area contributed by atoms with Gasteiger partial charge >= 0.3 is 0 Å². The summed E-state index contributed by atoms with van der Waals surface area (Å²) >= 11 is 0. The molecule has 0 unspecified atom stereocenters. The number of benzene rings is 4. The highest BCUT2D eigenvalue weighted by Crippen LogP contribution is 2.15. The average Bonchev–Trinajstić information content (AvgIpc) is 2.90.